The lowest BCUT2D eigenvalue weighted by Gasteiger charge is -2.28. The van der Waals surface area contributed by atoms with E-state index < -0.39 is 0 Å². The summed E-state index contributed by atoms with van der Waals surface area (Å²) < 4.78 is 0. The largest absolute Gasteiger partial charge is 0.359 e. The quantitative estimate of drug-likeness (QED) is 0.833. The summed E-state index contributed by atoms with van der Waals surface area (Å²) in [6.45, 7) is 6.89. The summed E-state index contributed by atoms with van der Waals surface area (Å²) in [5.74, 6) is 0.101. The number of carbonyl (C=O) groups excluding carboxylic acids is 1. The molecule has 2 aliphatic rings. The molecule has 2 aliphatic heterocycles. The van der Waals surface area contributed by atoms with Gasteiger partial charge in [-0.25, -0.2) is 0 Å². The Hall–Kier alpha value is -2.33. The molecule has 0 saturated carbocycles. The average molecular weight is 378 g/mol. The van der Waals surface area contributed by atoms with Crippen molar-refractivity contribution in [3.63, 3.8) is 0 Å². The first-order valence-electron chi connectivity index (χ1n) is 10.6. The van der Waals surface area contributed by atoms with E-state index in [-0.39, 0.29) is 11.9 Å². The number of carbonyl (C=O) groups is 1. The Morgan fingerprint density at radius 3 is 2.50 bits per heavy atom. The molecule has 0 aromatic heterocycles. The molecule has 1 amide bonds. The second kappa shape index (κ2) is 8.78. The van der Waals surface area contributed by atoms with Crippen molar-refractivity contribution in [3.8, 4) is 0 Å². The monoisotopic (exact) mass is 377 g/mol. The third-order valence-electron chi connectivity index (χ3n) is 6.18. The van der Waals surface area contributed by atoms with Gasteiger partial charge in [-0.15, -0.1) is 0 Å². The van der Waals surface area contributed by atoms with E-state index in [2.05, 4.69) is 63.6 Å². The molecular formula is C24H31N3O. The van der Waals surface area contributed by atoms with E-state index in [1.165, 1.54) is 54.7 Å². The Morgan fingerprint density at radius 2 is 1.68 bits per heavy atom. The van der Waals surface area contributed by atoms with Gasteiger partial charge >= 0.3 is 0 Å². The Kier molecular flexibility index (Phi) is 5.96. The van der Waals surface area contributed by atoms with Gasteiger partial charge in [0.15, 0.2) is 0 Å². The van der Waals surface area contributed by atoms with E-state index in [1.54, 1.807) is 0 Å². The molecule has 0 bridgehead atoms. The Balaban J connectivity index is 1.37. The molecule has 4 heteroatoms. The lowest BCUT2D eigenvalue weighted by atomic mass is 10.0. The molecule has 2 aromatic carbocycles. The van der Waals surface area contributed by atoms with Crippen LogP contribution in [0.5, 0.6) is 0 Å². The Bertz CT molecular complexity index is 813. The number of nitrogens with one attached hydrogen (secondary N) is 1. The highest BCUT2D eigenvalue weighted by Gasteiger charge is 2.27. The predicted octanol–water partition coefficient (Wildman–Crippen LogP) is 3.74. The van der Waals surface area contributed by atoms with Gasteiger partial charge in [-0.1, -0.05) is 48.9 Å². The molecule has 28 heavy (non-hydrogen) atoms. The number of fused-ring (bicyclic) bond motifs is 1. The van der Waals surface area contributed by atoms with Crippen molar-refractivity contribution >= 4 is 11.6 Å². The van der Waals surface area contributed by atoms with Crippen LogP contribution in [0.1, 0.15) is 42.9 Å². The topological polar surface area (TPSA) is 35.6 Å². The van der Waals surface area contributed by atoms with Crippen LogP contribution in [0.3, 0.4) is 0 Å². The summed E-state index contributed by atoms with van der Waals surface area (Å²) in [6.07, 6.45) is 4.97. The highest BCUT2D eigenvalue weighted by molar-refractivity contribution is 5.85. The SMILES string of the molecule is C[C@@H](C(=O)NCc1ccccc1CN1CCCCC1)N1CCc2ccccc21. The molecular weight excluding hydrogens is 346 g/mol. The molecule has 148 valence electrons. The lowest BCUT2D eigenvalue weighted by Crippen LogP contribution is -2.44. The molecule has 0 spiro atoms. The molecule has 1 N–H and O–H groups in total. The van der Waals surface area contributed by atoms with Crippen LogP contribution < -0.4 is 10.2 Å². The van der Waals surface area contributed by atoms with Crippen molar-refractivity contribution in [2.45, 2.75) is 51.7 Å². The number of piperidine rings is 1. The number of hydrogen-bond acceptors (Lipinski definition) is 3. The van der Waals surface area contributed by atoms with E-state index >= 15 is 0 Å². The van der Waals surface area contributed by atoms with E-state index in [0.29, 0.717) is 6.54 Å². The average Bonchev–Trinajstić information content (AvgIpc) is 3.17. The third kappa shape index (κ3) is 4.22. The van der Waals surface area contributed by atoms with Crippen molar-refractivity contribution in [1.82, 2.24) is 10.2 Å². The van der Waals surface area contributed by atoms with Crippen LogP contribution in [-0.4, -0.2) is 36.5 Å². The van der Waals surface area contributed by atoms with Crippen LogP contribution in [0.25, 0.3) is 0 Å². The smallest absolute Gasteiger partial charge is 0.242 e. The fourth-order valence-corrected chi connectivity index (χ4v) is 4.48. The summed E-state index contributed by atoms with van der Waals surface area (Å²) in [4.78, 5) is 17.6. The summed E-state index contributed by atoms with van der Waals surface area (Å²) in [5, 5.41) is 3.18. The number of nitrogens with zero attached hydrogens (tertiary/aromatic N) is 2. The number of amides is 1. The first-order valence-corrected chi connectivity index (χ1v) is 10.6. The van der Waals surface area contributed by atoms with Crippen LogP contribution in [-0.2, 0) is 24.3 Å². The second-order valence-electron chi connectivity index (χ2n) is 8.07. The summed E-state index contributed by atoms with van der Waals surface area (Å²) in [5.41, 5.74) is 5.11. The lowest BCUT2D eigenvalue weighted by molar-refractivity contribution is -0.122. The number of rotatable bonds is 6. The number of likely N-dealkylation sites (tertiary alicyclic amines) is 1. The highest BCUT2D eigenvalue weighted by atomic mass is 16.2. The van der Waals surface area contributed by atoms with Crippen molar-refractivity contribution in [3.05, 3.63) is 65.2 Å². The minimum atomic E-state index is -0.155. The maximum absolute atomic E-state index is 12.9. The fraction of sp³-hybridized carbons (Fsp3) is 0.458. The van der Waals surface area contributed by atoms with Crippen molar-refractivity contribution in [1.29, 1.82) is 0 Å². The number of anilines is 1. The van der Waals surface area contributed by atoms with Gasteiger partial charge in [0.2, 0.25) is 5.91 Å². The molecule has 1 atom stereocenters. The maximum Gasteiger partial charge on any atom is 0.242 e. The predicted molar refractivity (Wildman–Crippen MR) is 114 cm³/mol. The van der Waals surface area contributed by atoms with Crippen molar-refractivity contribution in [2.24, 2.45) is 0 Å². The molecule has 0 aliphatic carbocycles. The standard InChI is InChI=1S/C24H31N3O/c1-19(27-16-13-20-9-5-6-12-23(20)27)24(28)25-17-21-10-3-4-11-22(21)18-26-14-7-2-8-15-26/h3-6,9-12,19H,2,7-8,13-18H2,1H3,(H,25,28)/t19-/m0/s1. The number of para-hydroxylation sites is 1. The van der Waals surface area contributed by atoms with E-state index in [1.807, 2.05) is 6.92 Å². The molecule has 1 saturated heterocycles. The van der Waals surface area contributed by atoms with Gasteiger partial charge in [0, 0.05) is 25.3 Å². The minimum Gasteiger partial charge on any atom is -0.359 e. The molecule has 0 radical (unpaired) electrons. The maximum atomic E-state index is 12.9. The van der Waals surface area contributed by atoms with Gasteiger partial charge in [0.1, 0.15) is 6.04 Å². The van der Waals surface area contributed by atoms with Crippen molar-refractivity contribution < 1.29 is 4.79 Å². The fourth-order valence-electron chi connectivity index (χ4n) is 4.48. The van der Waals surface area contributed by atoms with Crippen LogP contribution >= 0.6 is 0 Å². The van der Waals surface area contributed by atoms with Gasteiger partial charge < -0.3 is 10.2 Å². The molecule has 0 unspecified atom stereocenters. The molecule has 4 rings (SSSR count). The summed E-state index contributed by atoms with van der Waals surface area (Å²) >= 11 is 0. The zero-order chi connectivity index (χ0) is 19.3. The van der Waals surface area contributed by atoms with Crippen LogP contribution in [0.4, 0.5) is 5.69 Å². The second-order valence-corrected chi connectivity index (χ2v) is 8.07. The van der Waals surface area contributed by atoms with Crippen LogP contribution in [0.15, 0.2) is 48.5 Å². The van der Waals surface area contributed by atoms with Gasteiger partial charge in [0.25, 0.3) is 0 Å². The summed E-state index contributed by atoms with van der Waals surface area (Å²) in [7, 11) is 0. The van der Waals surface area contributed by atoms with Gasteiger partial charge in [-0.2, -0.15) is 0 Å². The van der Waals surface area contributed by atoms with E-state index in [0.717, 1.165) is 19.5 Å². The van der Waals surface area contributed by atoms with Gasteiger partial charge in [-0.3, -0.25) is 9.69 Å². The third-order valence-corrected chi connectivity index (χ3v) is 6.18. The number of hydrogen-bond donors (Lipinski definition) is 1. The molecule has 2 heterocycles. The van der Waals surface area contributed by atoms with Crippen molar-refractivity contribution in [2.75, 3.05) is 24.5 Å². The normalized spacial score (nSPS) is 18.0. The van der Waals surface area contributed by atoms with Crippen LogP contribution in [0, 0.1) is 0 Å². The van der Waals surface area contributed by atoms with E-state index in [4.69, 9.17) is 0 Å². The van der Waals surface area contributed by atoms with E-state index in [9.17, 15) is 4.79 Å². The summed E-state index contributed by atoms with van der Waals surface area (Å²) in [6, 6.07) is 16.8. The van der Waals surface area contributed by atoms with Gasteiger partial charge in [0.05, 0.1) is 0 Å². The zero-order valence-corrected chi connectivity index (χ0v) is 16.9. The Morgan fingerprint density at radius 1 is 0.964 bits per heavy atom. The van der Waals surface area contributed by atoms with Gasteiger partial charge in [-0.05, 0) is 62.0 Å². The molecule has 2 aromatic rings. The first-order chi connectivity index (χ1) is 13.7. The molecule has 1 fully saturated rings. The highest BCUT2D eigenvalue weighted by Crippen LogP contribution is 2.29. The zero-order valence-electron chi connectivity index (χ0n) is 16.9. The minimum absolute atomic E-state index is 0.101. The van der Waals surface area contributed by atoms with Crippen LogP contribution in [0.2, 0.25) is 0 Å². The first kappa shape index (κ1) is 19.0. The Labute approximate surface area is 168 Å². The number of benzene rings is 2. The molecule has 4 nitrogen and oxygen atoms in total.